The summed E-state index contributed by atoms with van der Waals surface area (Å²) in [4.78, 5) is 20.5. The van der Waals surface area contributed by atoms with E-state index in [0.717, 1.165) is 5.01 Å². The van der Waals surface area contributed by atoms with E-state index in [1.807, 2.05) is 61.5 Å². The highest BCUT2D eigenvalue weighted by Crippen LogP contribution is 2.32. The average molecular weight is 589 g/mol. The minimum atomic E-state index is -0.430. The van der Waals surface area contributed by atoms with Crippen molar-refractivity contribution < 1.29 is 9.53 Å². The van der Waals surface area contributed by atoms with Gasteiger partial charge in [0.25, 0.3) is 5.91 Å². The van der Waals surface area contributed by atoms with Gasteiger partial charge in [0.05, 0.1) is 12.7 Å². The van der Waals surface area contributed by atoms with E-state index in [0.29, 0.717) is 33.3 Å². The van der Waals surface area contributed by atoms with Crippen LogP contribution in [0.4, 0.5) is 0 Å². The number of nitriles is 1. The quantitative estimate of drug-likeness (QED) is 0.133. The molecule has 2 aliphatic heterocycles. The molecule has 4 heterocycles. The number of nitrogens with zero attached hydrogens (tertiary/aromatic N) is 5. The molecule has 0 bridgehead atoms. The topological polar surface area (TPSA) is 142 Å². The third-order valence-corrected chi connectivity index (χ3v) is 5.81. The Morgan fingerprint density at radius 2 is 1.85 bits per heavy atom. The number of pyridine rings is 2. The molecule has 4 rings (SSSR count). The van der Waals surface area contributed by atoms with Gasteiger partial charge in [-0.25, -0.2) is 15.8 Å². The number of amides is 1. The summed E-state index contributed by atoms with van der Waals surface area (Å²) >= 11 is 7.52. The van der Waals surface area contributed by atoms with Crippen LogP contribution in [-0.2, 0) is 4.74 Å². The Morgan fingerprint density at radius 3 is 2.35 bits per heavy atom. The minimum absolute atomic E-state index is 0.330. The summed E-state index contributed by atoms with van der Waals surface area (Å²) in [6.45, 7) is 15.9. The van der Waals surface area contributed by atoms with Crippen LogP contribution in [0.25, 0.3) is 5.57 Å². The lowest BCUT2D eigenvalue weighted by atomic mass is 9.98. The molecule has 0 saturated carbocycles. The van der Waals surface area contributed by atoms with Gasteiger partial charge in [-0.1, -0.05) is 71.0 Å². The predicted molar refractivity (Wildman–Crippen MR) is 166 cm³/mol. The van der Waals surface area contributed by atoms with E-state index in [1.54, 1.807) is 56.0 Å². The summed E-state index contributed by atoms with van der Waals surface area (Å²) in [6, 6.07) is 8.75. The molecule has 0 aromatic carbocycles. The Labute approximate surface area is 247 Å². The third-order valence-electron chi connectivity index (χ3n) is 4.49. The van der Waals surface area contributed by atoms with Gasteiger partial charge >= 0.3 is 0 Å². The number of dihydropyridines is 1. The molecule has 1 amide bonds. The van der Waals surface area contributed by atoms with Crippen LogP contribution in [0.5, 0.6) is 0 Å². The number of methoxy groups -OCH3 is 1. The molecule has 2 aromatic heterocycles. The van der Waals surface area contributed by atoms with Gasteiger partial charge < -0.3 is 10.1 Å². The van der Waals surface area contributed by atoms with Crippen molar-refractivity contribution >= 4 is 40.0 Å². The number of halogens is 1. The average Bonchev–Trinajstić information content (AvgIpc) is 3.39. The van der Waals surface area contributed by atoms with E-state index in [1.165, 1.54) is 18.0 Å². The van der Waals surface area contributed by atoms with Crippen LogP contribution >= 0.6 is 23.4 Å². The lowest BCUT2D eigenvalue weighted by Gasteiger charge is -2.22. The monoisotopic (exact) mass is 588 g/mol. The molecule has 0 radical (unpaired) electrons. The first-order chi connectivity index (χ1) is 19.3. The van der Waals surface area contributed by atoms with Gasteiger partial charge in [-0.2, -0.15) is 10.4 Å². The summed E-state index contributed by atoms with van der Waals surface area (Å²) in [5.41, 5.74) is 4.57. The van der Waals surface area contributed by atoms with Crippen LogP contribution in [0.3, 0.4) is 0 Å². The van der Waals surface area contributed by atoms with Crippen LogP contribution < -0.4 is 16.6 Å². The summed E-state index contributed by atoms with van der Waals surface area (Å²) in [5.74, 6) is 6.17. The number of carbonyl (C=O) groups is 1. The summed E-state index contributed by atoms with van der Waals surface area (Å²) < 4.78 is 5.38. The van der Waals surface area contributed by atoms with E-state index in [4.69, 9.17) is 27.4 Å². The van der Waals surface area contributed by atoms with E-state index in [9.17, 15) is 4.79 Å². The number of alkyl halides is 1. The number of rotatable bonds is 3. The molecule has 12 heteroatoms. The second-order valence-electron chi connectivity index (χ2n) is 7.40. The second kappa shape index (κ2) is 19.5. The highest BCUT2D eigenvalue weighted by Gasteiger charge is 2.33. The van der Waals surface area contributed by atoms with E-state index < -0.39 is 11.4 Å². The first kappa shape index (κ1) is 36.4. The molecule has 0 aliphatic carbocycles. The number of hydrogen-bond acceptors (Lipinski definition) is 10. The zero-order valence-electron chi connectivity index (χ0n) is 24.7. The SMILES string of the molecule is CC.CC.CC.COC1=CNC(Cl)C=C1c1cnccc1C(=O)N(N)C1=NNC(C)(C)S1.N#Cc1ccccn1. The number of hydrogen-bond donors (Lipinski definition) is 3. The molecule has 0 fully saturated rings. The summed E-state index contributed by atoms with van der Waals surface area (Å²) in [7, 11) is 1.54. The Kier molecular flexibility index (Phi) is 17.7. The Morgan fingerprint density at radius 1 is 1.18 bits per heavy atom. The molecule has 10 nitrogen and oxygen atoms in total. The van der Waals surface area contributed by atoms with Gasteiger partial charge in [0.15, 0.2) is 0 Å². The van der Waals surface area contributed by atoms with Crippen LogP contribution in [-0.4, -0.2) is 43.5 Å². The highest BCUT2D eigenvalue weighted by atomic mass is 35.5. The Hall–Kier alpha value is -3.59. The fourth-order valence-corrected chi connectivity index (χ4v) is 3.91. The number of carbonyl (C=O) groups excluding carboxylic acids is 1. The fraction of sp³-hybridized carbons (Fsp3) is 0.393. The van der Waals surface area contributed by atoms with Crippen molar-refractivity contribution in [2.75, 3.05) is 7.11 Å². The van der Waals surface area contributed by atoms with Crippen molar-refractivity contribution in [2.24, 2.45) is 10.9 Å². The largest absolute Gasteiger partial charge is 0.495 e. The normalized spacial score (nSPS) is 15.7. The Balaban J connectivity index is 0.000000908. The molecule has 40 heavy (non-hydrogen) atoms. The smallest absolute Gasteiger partial charge is 0.275 e. The molecule has 0 spiro atoms. The number of hydrazone groups is 1. The summed E-state index contributed by atoms with van der Waals surface area (Å²) in [5, 5.41) is 16.7. The summed E-state index contributed by atoms with van der Waals surface area (Å²) in [6.07, 6.45) is 8.12. The third kappa shape index (κ3) is 10.9. The van der Waals surface area contributed by atoms with E-state index in [-0.39, 0.29) is 4.87 Å². The number of allylic oxidation sites excluding steroid dienone is 1. The maximum absolute atomic E-state index is 13.0. The van der Waals surface area contributed by atoms with Crippen LogP contribution in [0.2, 0.25) is 0 Å². The lowest BCUT2D eigenvalue weighted by molar-refractivity contribution is 0.0849. The first-order valence-corrected chi connectivity index (χ1v) is 14.3. The van der Waals surface area contributed by atoms with Gasteiger partial charge in [-0.3, -0.25) is 15.2 Å². The number of nitrogens with one attached hydrogen (secondary N) is 2. The van der Waals surface area contributed by atoms with Crippen LogP contribution in [0.15, 0.2) is 66.0 Å². The van der Waals surface area contributed by atoms with Crippen molar-refractivity contribution in [2.45, 2.75) is 65.8 Å². The molecule has 2 aliphatic rings. The molecular weight excluding hydrogens is 548 g/mol. The zero-order valence-corrected chi connectivity index (χ0v) is 26.3. The fourth-order valence-electron chi connectivity index (χ4n) is 2.90. The number of aromatic nitrogens is 2. The van der Waals surface area contributed by atoms with Crippen molar-refractivity contribution in [3.63, 3.8) is 0 Å². The number of thioether (sulfide) groups is 1. The van der Waals surface area contributed by atoms with Gasteiger partial charge in [0, 0.05) is 35.9 Å². The molecule has 4 N–H and O–H groups in total. The maximum Gasteiger partial charge on any atom is 0.275 e. The predicted octanol–water partition coefficient (Wildman–Crippen LogP) is 5.81. The molecule has 1 atom stereocenters. The lowest BCUT2D eigenvalue weighted by Crippen LogP contribution is -2.41. The minimum Gasteiger partial charge on any atom is -0.495 e. The van der Waals surface area contributed by atoms with Gasteiger partial charge in [-0.15, -0.1) is 0 Å². The number of nitrogens with two attached hydrogens (primary N) is 1. The second-order valence-corrected chi connectivity index (χ2v) is 9.46. The number of hydrazine groups is 1. The maximum atomic E-state index is 13.0. The van der Waals surface area contributed by atoms with Crippen molar-refractivity contribution in [1.29, 1.82) is 5.26 Å². The first-order valence-electron chi connectivity index (χ1n) is 13.0. The zero-order chi connectivity index (χ0) is 30.7. The van der Waals surface area contributed by atoms with Gasteiger partial charge in [0.1, 0.15) is 27.9 Å². The van der Waals surface area contributed by atoms with Gasteiger partial charge in [-0.05, 0) is 38.1 Å². The molecule has 2 aromatic rings. The molecular formula is C28H41ClN8O2S. The molecule has 1 unspecified atom stereocenters. The molecule has 218 valence electrons. The van der Waals surface area contributed by atoms with Crippen LogP contribution in [0, 0.1) is 11.3 Å². The van der Waals surface area contributed by atoms with Crippen molar-refractivity contribution in [3.05, 3.63) is 77.7 Å². The number of amidine groups is 1. The Bertz CT molecular complexity index is 1180. The highest BCUT2D eigenvalue weighted by molar-refractivity contribution is 8.15. The standard InChI is InChI=1S/C16H19ClN6O2S.C6H4N2.3C2H6/c1-16(2)22-21-15(26-16)23(18)14(24)9-4-5-19-7-11(9)10-6-13(17)20-8-12(10)25-3;7-5-6-3-1-2-4-8-6;3*1-2/h4-8,13,20,22H,18H2,1-3H3;1-4H;3*1-2H3. The van der Waals surface area contributed by atoms with Crippen LogP contribution in [0.1, 0.15) is 77.0 Å². The molecule has 0 saturated heterocycles. The van der Waals surface area contributed by atoms with Crippen molar-refractivity contribution in [1.82, 2.24) is 25.7 Å². The number of ether oxygens (including phenoxy) is 1. The van der Waals surface area contributed by atoms with E-state index in [2.05, 4.69) is 25.8 Å². The van der Waals surface area contributed by atoms with E-state index >= 15 is 0 Å². The van der Waals surface area contributed by atoms with Gasteiger partial charge in [0.2, 0.25) is 5.17 Å². The van der Waals surface area contributed by atoms with Crippen molar-refractivity contribution in [3.8, 4) is 6.07 Å².